The van der Waals surface area contributed by atoms with Crippen LogP contribution in [0.15, 0.2) is 10.6 Å². The predicted octanol–water partition coefficient (Wildman–Crippen LogP) is 2.20. The number of hydrogen-bond donors (Lipinski definition) is 1. The summed E-state index contributed by atoms with van der Waals surface area (Å²) in [7, 11) is 3.56. The summed E-state index contributed by atoms with van der Waals surface area (Å²) in [5, 5.41) is 11.0. The van der Waals surface area contributed by atoms with Crippen LogP contribution in [0.5, 0.6) is 5.88 Å². The molecule has 8 nitrogen and oxygen atoms in total. The van der Waals surface area contributed by atoms with E-state index >= 15 is 0 Å². The van der Waals surface area contributed by atoms with Crippen molar-refractivity contribution < 1.29 is 14.1 Å². The van der Waals surface area contributed by atoms with Crippen molar-refractivity contribution in [2.75, 3.05) is 25.5 Å². The van der Waals surface area contributed by atoms with E-state index in [0.717, 1.165) is 36.5 Å². The van der Waals surface area contributed by atoms with Crippen LogP contribution >= 0.6 is 0 Å². The maximum Gasteiger partial charge on any atom is 0.226 e. The largest absolute Gasteiger partial charge is 0.481 e. The maximum atomic E-state index is 12.2. The van der Waals surface area contributed by atoms with Gasteiger partial charge in [0.05, 0.1) is 18.4 Å². The lowest BCUT2D eigenvalue weighted by Crippen LogP contribution is -2.28. The van der Waals surface area contributed by atoms with Gasteiger partial charge in [0.25, 0.3) is 0 Å². The van der Waals surface area contributed by atoms with Crippen molar-refractivity contribution in [2.24, 2.45) is 7.05 Å². The van der Waals surface area contributed by atoms with Crippen LogP contribution in [0.4, 0.5) is 5.82 Å². The number of methoxy groups -OCH3 is 1. The van der Waals surface area contributed by atoms with Crippen LogP contribution in [0.2, 0.25) is 0 Å². The number of nitrogens with zero attached hydrogens (tertiary/aromatic N) is 4. The molecule has 1 saturated heterocycles. The Bertz CT molecular complexity index is 752. The first-order chi connectivity index (χ1) is 12.0. The maximum absolute atomic E-state index is 12.2. The second kappa shape index (κ2) is 7.26. The molecule has 8 heteroatoms. The van der Waals surface area contributed by atoms with E-state index in [4.69, 9.17) is 9.26 Å². The molecule has 0 spiro atoms. The highest BCUT2D eigenvalue weighted by atomic mass is 16.5. The first-order valence-electron chi connectivity index (χ1n) is 8.54. The van der Waals surface area contributed by atoms with Crippen LogP contribution in [0.25, 0.3) is 0 Å². The number of carbonyl (C=O) groups is 1. The molecule has 25 heavy (non-hydrogen) atoms. The Labute approximate surface area is 147 Å². The monoisotopic (exact) mass is 347 g/mol. The number of rotatable bonds is 6. The Morgan fingerprint density at radius 1 is 1.48 bits per heavy atom. The number of anilines is 1. The van der Waals surface area contributed by atoms with E-state index < -0.39 is 0 Å². The molecule has 3 rings (SSSR count). The van der Waals surface area contributed by atoms with Crippen molar-refractivity contribution in [1.82, 2.24) is 19.8 Å². The van der Waals surface area contributed by atoms with Gasteiger partial charge < -0.3 is 14.6 Å². The molecule has 0 aromatic carbocycles. The van der Waals surface area contributed by atoms with Gasteiger partial charge in [0.2, 0.25) is 11.8 Å². The van der Waals surface area contributed by atoms with Gasteiger partial charge in [0, 0.05) is 32.1 Å². The van der Waals surface area contributed by atoms with Gasteiger partial charge in [0.1, 0.15) is 5.76 Å². The number of aryl methyl sites for hydroxylation is 3. The lowest BCUT2D eigenvalue weighted by Gasteiger charge is -2.24. The third-order valence-electron chi connectivity index (χ3n) is 4.63. The minimum absolute atomic E-state index is 0.0613. The molecule has 1 aliphatic heterocycles. The fraction of sp³-hybridized carbons (Fsp3) is 0.588. The Morgan fingerprint density at radius 3 is 2.96 bits per heavy atom. The quantitative estimate of drug-likeness (QED) is 0.862. The zero-order valence-corrected chi connectivity index (χ0v) is 15.2. The Hall–Kier alpha value is -2.35. The molecular weight excluding hydrogens is 322 g/mol. The van der Waals surface area contributed by atoms with Crippen molar-refractivity contribution in [1.29, 1.82) is 0 Å². The summed E-state index contributed by atoms with van der Waals surface area (Å²) >= 11 is 0. The summed E-state index contributed by atoms with van der Waals surface area (Å²) in [6.45, 7) is 5.46. The van der Waals surface area contributed by atoms with Crippen molar-refractivity contribution in [3.63, 3.8) is 0 Å². The minimum Gasteiger partial charge on any atom is -0.481 e. The number of aromatic nitrogens is 3. The molecule has 2 aromatic rings. The molecule has 1 fully saturated rings. The molecule has 0 radical (unpaired) electrons. The lowest BCUT2D eigenvalue weighted by atomic mass is 10.0. The topological polar surface area (TPSA) is 85.4 Å². The van der Waals surface area contributed by atoms with Crippen LogP contribution in [0, 0.1) is 13.8 Å². The van der Waals surface area contributed by atoms with E-state index in [0.29, 0.717) is 24.5 Å². The molecule has 136 valence electrons. The van der Waals surface area contributed by atoms with Gasteiger partial charge in [-0.25, -0.2) is 4.68 Å². The molecule has 0 aliphatic carbocycles. The second-order valence-corrected chi connectivity index (χ2v) is 6.45. The van der Waals surface area contributed by atoms with Crippen molar-refractivity contribution in [2.45, 2.75) is 39.2 Å². The molecule has 1 amide bonds. The number of hydrogen-bond acceptors (Lipinski definition) is 6. The number of nitrogens with one attached hydrogen (secondary N) is 1. The van der Waals surface area contributed by atoms with Crippen LogP contribution in [-0.4, -0.2) is 45.9 Å². The molecule has 0 unspecified atom stereocenters. The van der Waals surface area contributed by atoms with Crippen molar-refractivity contribution in [3.8, 4) is 5.88 Å². The van der Waals surface area contributed by atoms with E-state index in [1.165, 1.54) is 0 Å². The van der Waals surface area contributed by atoms with E-state index in [1.54, 1.807) is 24.8 Å². The van der Waals surface area contributed by atoms with Gasteiger partial charge in [-0.1, -0.05) is 5.16 Å². The summed E-state index contributed by atoms with van der Waals surface area (Å²) in [5.74, 6) is 1.88. The lowest BCUT2D eigenvalue weighted by molar-refractivity contribution is -0.116. The van der Waals surface area contributed by atoms with E-state index in [1.807, 2.05) is 14.0 Å². The highest BCUT2D eigenvalue weighted by molar-refractivity contribution is 5.89. The number of amides is 1. The molecule has 0 saturated carbocycles. The summed E-state index contributed by atoms with van der Waals surface area (Å²) < 4.78 is 12.3. The Kier molecular flexibility index (Phi) is 5.08. The van der Waals surface area contributed by atoms with Gasteiger partial charge >= 0.3 is 0 Å². The van der Waals surface area contributed by atoms with Crippen LogP contribution < -0.4 is 10.1 Å². The molecule has 3 heterocycles. The van der Waals surface area contributed by atoms with Gasteiger partial charge in [0.15, 0.2) is 5.82 Å². The predicted molar refractivity (Wildman–Crippen MR) is 92.5 cm³/mol. The first-order valence-corrected chi connectivity index (χ1v) is 8.54. The zero-order chi connectivity index (χ0) is 18.0. The average Bonchev–Trinajstić information content (AvgIpc) is 3.24. The first kappa shape index (κ1) is 17.5. The SMILES string of the molecule is COc1c([C@@H]2CCCN2CCC(=O)Nc2cc(C)on2)c(C)nn1C. The van der Waals surface area contributed by atoms with E-state index in [-0.39, 0.29) is 11.9 Å². The third kappa shape index (κ3) is 3.68. The molecule has 0 bridgehead atoms. The van der Waals surface area contributed by atoms with Crippen LogP contribution in [0.1, 0.15) is 42.3 Å². The van der Waals surface area contributed by atoms with Gasteiger partial charge in [-0.05, 0) is 33.2 Å². The van der Waals surface area contributed by atoms with Crippen LogP contribution in [0.3, 0.4) is 0 Å². The fourth-order valence-corrected chi connectivity index (χ4v) is 3.58. The summed E-state index contributed by atoms with van der Waals surface area (Å²) in [6, 6.07) is 1.95. The van der Waals surface area contributed by atoms with Crippen molar-refractivity contribution in [3.05, 3.63) is 23.1 Å². The molecule has 1 aliphatic rings. The summed E-state index contributed by atoms with van der Waals surface area (Å²) in [4.78, 5) is 14.5. The van der Waals surface area contributed by atoms with Gasteiger partial charge in [-0.3, -0.25) is 9.69 Å². The molecule has 1 N–H and O–H groups in total. The average molecular weight is 347 g/mol. The minimum atomic E-state index is -0.0613. The Balaban J connectivity index is 1.63. The van der Waals surface area contributed by atoms with E-state index in [9.17, 15) is 4.79 Å². The standard InChI is InChI=1S/C17H25N5O3/c1-11-10-14(20-25-11)18-15(23)7-9-22-8-5-6-13(22)16-12(2)19-21(3)17(16)24-4/h10,13H,5-9H2,1-4H3,(H,18,20,23)/t13-/m0/s1. The number of carbonyl (C=O) groups excluding carboxylic acids is 1. The smallest absolute Gasteiger partial charge is 0.226 e. The highest BCUT2D eigenvalue weighted by Crippen LogP contribution is 2.38. The third-order valence-corrected chi connectivity index (χ3v) is 4.63. The van der Waals surface area contributed by atoms with Crippen LogP contribution in [-0.2, 0) is 11.8 Å². The number of likely N-dealkylation sites (tertiary alicyclic amines) is 1. The van der Waals surface area contributed by atoms with Crippen molar-refractivity contribution >= 4 is 11.7 Å². The number of ether oxygens (including phenoxy) is 1. The summed E-state index contributed by atoms with van der Waals surface area (Å²) in [5.41, 5.74) is 2.12. The zero-order valence-electron chi connectivity index (χ0n) is 15.2. The van der Waals surface area contributed by atoms with Gasteiger partial charge in [-0.15, -0.1) is 0 Å². The summed E-state index contributed by atoms with van der Waals surface area (Å²) in [6.07, 6.45) is 2.56. The molecule has 2 aromatic heterocycles. The van der Waals surface area contributed by atoms with Gasteiger partial charge in [-0.2, -0.15) is 5.10 Å². The van der Waals surface area contributed by atoms with E-state index in [2.05, 4.69) is 20.5 Å². The molecular formula is C17H25N5O3. The second-order valence-electron chi connectivity index (χ2n) is 6.45. The fourth-order valence-electron chi connectivity index (χ4n) is 3.58. The normalized spacial score (nSPS) is 17.8. The Morgan fingerprint density at radius 2 is 2.28 bits per heavy atom. The highest BCUT2D eigenvalue weighted by Gasteiger charge is 2.32. The molecule has 1 atom stereocenters.